The minimum absolute atomic E-state index is 0.424. The van der Waals surface area contributed by atoms with Crippen LogP contribution in [-0.4, -0.2) is 22.2 Å². The first kappa shape index (κ1) is 20.7. The van der Waals surface area contributed by atoms with Crippen LogP contribution in [-0.2, 0) is 9.59 Å². The quantitative estimate of drug-likeness (QED) is 0.511. The van der Waals surface area contributed by atoms with E-state index in [0.29, 0.717) is 11.1 Å². The minimum Gasteiger partial charge on any atom is -0.478 e. The third-order valence-electron chi connectivity index (χ3n) is 2.69. The van der Waals surface area contributed by atoms with Gasteiger partial charge in [0.1, 0.15) is 0 Å². The number of allylic oxidation sites excluding steroid dienone is 2. The average molecular weight is 284 g/mol. The number of aliphatic carboxylic acids is 2. The summed E-state index contributed by atoms with van der Waals surface area (Å²) in [6.07, 6.45) is 9.97. The Morgan fingerprint density at radius 1 is 0.850 bits per heavy atom. The monoisotopic (exact) mass is 284 g/mol. The molecular formula is C16H28O4. The smallest absolute Gasteiger partial charge is 0.330 e. The fraction of sp³-hybridized carbons (Fsp3) is 0.625. The molecule has 0 atom stereocenters. The van der Waals surface area contributed by atoms with E-state index in [4.69, 9.17) is 10.2 Å². The zero-order chi connectivity index (χ0) is 16.0. The first-order valence-electron chi connectivity index (χ1n) is 7.16. The Kier molecular flexibility index (Phi) is 14.3. The maximum Gasteiger partial charge on any atom is 0.330 e. The highest BCUT2D eigenvalue weighted by molar-refractivity contribution is 5.86. The first-order valence-corrected chi connectivity index (χ1v) is 7.16. The summed E-state index contributed by atoms with van der Waals surface area (Å²) in [5, 5.41) is 16.8. The predicted molar refractivity (Wildman–Crippen MR) is 81.8 cm³/mol. The van der Waals surface area contributed by atoms with Crippen molar-refractivity contribution in [1.29, 1.82) is 0 Å². The van der Waals surface area contributed by atoms with Crippen molar-refractivity contribution in [3.63, 3.8) is 0 Å². The van der Waals surface area contributed by atoms with E-state index in [9.17, 15) is 9.59 Å². The lowest BCUT2D eigenvalue weighted by molar-refractivity contribution is -0.133. The summed E-state index contributed by atoms with van der Waals surface area (Å²) in [5.41, 5.74) is 0.888. The minimum atomic E-state index is -0.827. The van der Waals surface area contributed by atoms with Gasteiger partial charge in [0, 0.05) is 11.1 Å². The fourth-order valence-corrected chi connectivity index (χ4v) is 1.37. The molecule has 0 unspecified atom stereocenters. The molecule has 0 aromatic rings. The maximum atomic E-state index is 10.4. The van der Waals surface area contributed by atoms with Crippen LogP contribution in [0.15, 0.2) is 23.3 Å². The van der Waals surface area contributed by atoms with Crippen molar-refractivity contribution in [3.8, 4) is 0 Å². The molecule has 0 rings (SSSR count). The molecule has 0 aromatic heterocycles. The van der Waals surface area contributed by atoms with Gasteiger partial charge in [-0.15, -0.1) is 0 Å². The largest absolute Gasteiger partial charge is 0.478 e. The molecule has 0 aliphatic heterocycles. The Bertz CT molecular complexity index is 340. The number of carbonyl (C=O) groups is 2. The number of hydrogen-bond acceptors (Lipinski definition) is 2. The summed E-state index contributed by atoms with van der Waals surface area (Å²) in [4.78, 5) is 20.4. The van der Waals surface area contributed by atoms with Crippen molar-refractivity contribution < 1.29 is 19.8 Å². The molecule has 4 nitrogen and oxygen atoms in total. The van der Waals surface area contributed by atoms with Crippen LogP contribution < -0.4 is 0 Å². The molecule has 116 valence electrons. The predicted octanol–water partition coefficient (Wildman–Crippen LogP) is 4.42. The zero-order valence-corrected chi connectivity index (χ0v) is 13.1. The van der Waals surface area contributed by atoms with Crippen LogP contribution in [0.4, 0.5) is 0 Å². The summed E-state index contributed by atoms with van der Waals surface area (Å²) >= 11 is 0. The van der Waals surface area contributed by atoms with Gasteiger partial charge in [0.2, 0.25) is 0 Å². The molecule has 4 heteroatoms. The summed E-state index contributed by atoms with van der Waals surface area (Å²) in [5.74, 6) is -1.63. The van der Waals surface area contributed by atoms with Crippen molar-refractivity contribution in [2.45, 2.75) is 66.2 Å². The van der Waals surface area contributed by atoms with Crippen molar-refractivity contribution >= 4 is 11.9 Å². The van der Waals surface area contributed by atoms with Crippen LogP contribution in [0.1, 0.15) is 66.2 Å². The Hall–Kier alpha value is -1.58. The highest BCUT2D eigenvalue weighted by Gasteiger charge is 1.97. The molecule has 20 heavy (non-hydrogen) atoms. The Morgan fingerprint density at radius 2 is 1.35 bits per heavy atom. The van der Waals surface area contributed by atoms with E-state index < -0.39 is 11.9 Å². The van der Waals surface area contributed by atoms with E-state index in [1.54, 1.807) is 26.0 Å². The van der Waals surface area contributed by atoms with Gasteiger partial charge < -0.3 is 10.2 Å². The summed E-state index contributed by atoms with van der Waals surface area (Å²) in [6, 6.07) is 0. The lowest BCUT2D eigenvalue weighted by Gasteiger charge is -1.95. The van der Waals surface area contributed by atoms with Gasteiger partial charge >= 0.3 is 11.9 Å². The van der Waals surface area contributed by atoms with Crippen molar-refractivity contribution in [1.82, 2.24) is 0 Å². The zero-order valence-electron chi connectivity index (χ0n) is 13.1. The maximum absolute atomic E-state index is 10.4. The molecule has 0 aliphatic rings. The summed E-state index contributed by atoms with van der Waals surface area (Å²) in [7, 11) is 0. The van der Waals surface area contributed by atoms with E-state index in [-0.39, 0.29) is 0 Å². The van der Waals surface area contributed by atoms with Crippen molar-refractivity contribution in [3.05, 3.63) is 23.3 Å². The fourth-order valence-electron chi connectivity index (χ4n) is 1.37. The Labute approximate surface area is 122 Å². The van der Waals surface area contributed by atoms with Crippen LogP contribution in [0.5, 0.6) is 0 Å². The van der Waals surface area contributed by atoms with Crippen LogP contribution in [0.25, 0.3) is 0 Å². The third-order valence-corrected chi connectivity index (χ3v) is 2.69. The molecule has 0 aromatic carbocycles. The lowest BCUT2D eigenvalue weighted by atomic mass is 10.1. The second kappa shape index (κ2) is 13.8. The number of unbranched alkanes of at least 4 members (excludes halogenated alkanes) is 4. The lowest BCUT2D eigenvalue weighted by Crippen LogP contribution is -1.95. The Morgan fingerprint density at radius 3 is 1.70 bits per heavy atom. The van der Waals surface area contributed by atoms with E-state index in [1.807, 2.05) is 6.92 Å². The van der Waals surface area contributed by atoms with Crippen LogP contribution >= 0.6 is 0 Å². The van der Waals surface area contributed by atoms with E-state index in [2.05, 4.69) is 6.92 Å². The number of carboxylic acid groups (broad SMARTS) is 2. The number of carboxylic acids is 2. The molecule has 0 spiro atoms. The van der Waals surface area contributed by atoms with Crippen molar-refractivity contribution in [2.24, 2.45) is 0 Å². The SMILES string of the molecule is CCC=C(C)C(=O)O.CCCCCCC=C(C)C(=O)O. The third kappa shape index (κ3) is 14.5. The number of hydrogen-bond donors (Lipinski definition) is 2. The van der Waals surface area contributed by atoms with E-state index in [1.165, 1.54) is 19.3 Å². The molecule has 0 bridgehead atoms. The molecule has 0 radical (unpaired) electrons. The summed E-state index contributed by atoms with van der Waals surface area (Å²) in [6.45, 7) is 7.30. The van der Waals surface area contributed by atoms with Gasteiger partial charge in [-0.1, -0.05) is 45.3 Å². The Balaban J connectivity index is 0. The van der Waals surface area contributed by atoms with Gasteiger partial charge in [-0.05, 0) is 33.1 Å². The van der Waals surface area contributed by atoms with Crippen LogP contribution in [0, 0.1) is 0 Å². The van der Waals surface area contributed by atoms with Gasteiger partial charge in [-0.2, -0.15) is 0 Å². The molecule has 0 saturated heterocycles. The van der Waals surface area contributed by atoms with E-state index >= 15 is 0 Å². The molecule has 0 saturated carbocycles. The molecular weight excluding hydrogens is 256 g/mol. The highest BCUT2D eigenvalue weighted by Crippen LogP contribution is 2.05. The molecule has 0 amide bonds. The standard InChI is InChI=1S/C10H18O2.C6H10O2/c1-3-4-5-6-7-8-9(2)10(11)12;1-3-4-5(2)6(7)8/h8H,3-7H2,1-2H3,(H,11,12);4H,3H2,1-2H3,(H,7,8). The molecule has 0 fully saturated rings. The molecule has 2 N–H and O–H groups in total. The van der Waals surface area contributed by atoms with Gasteiger partial charge in [-0.3, -0.25) is 0 Å². The topological polar surface area (TPSA) is 74.6 Å². The first-order chi connectivity index (χ1) is 9.36. The van der Waals surface area contributed by atoms with Crippen LogP contribution in [0.3, 0.4) is 0 Å². The normalized spacial score (nSPS) is 11.6. The second-order valence-electron chi connectivity index (χ2n) is 4.64. The van der Waals surface area contributed by atoms with Crippen LogP contribution in [0.2, 0.25) is 0 Å². The second-order valence-corrected chi connectivity index (χ2v) is 4.64. The van der Waals surface area contributed by atoms with Crippen molar-refractivity contribution in [2.75, 3.05) is 0 Å². The van der Waals surface area contributed by atoms with Gasteiger partial charge in [-0.25, -0.2) is 9.59 Å². The van der Waals surface area contributed by atoms with Gasteiger partial charge in [0.15, 0.2) is 0 Å². The van der Waals surface area contributed by atoms with Gasteiger partial charge in [0.25, 0.3) is 0 Å². The molecule has 0 aliphatic carbocycles. The molecule has 0 heterocycles. The highest BCUT2D eigenvalue weighted by atomic mass is 16.4. The summed E-state index contributed by atoms with van der Waals surface area (Å²) < 4.78 is 0. The average Bonchev–Trinajstić information content (AvgIpc) is 2.39. The van der Waals surface area contributed by atoms with E-state index in [0.717, 1.165) is 19.3 Å². The van der Waals surface area contributed by atoms with Gasteiger partial charge in [0.05, 0.1) is 0 Å². The number of rotatable bonds is 8.